The molecule has 3 N–H and O–H groups in total. The normalized spacial score (nSPS) is 11.0. The number of nitrogens with zero attached hydrogens (tertiary/aromatic N) is 4. The first-order chi connectivity index (χ1) is 15.7. The molecular formula is C24H49N7S. The molecule has 0 aliphatic heterocycles. The lowest BCUT2D eigenvalue weighted by Gasteiger charge is -2.18. The average Bonchev–Trinajstić information content (AvgIpc) is 2.80. The molecule has 7 nitrogen and oxygen atoms in total. The highest BCUT2D eigenvalue weighted by Crippen LogP contribution is 2.14. The van der Waals surface area contributed by atoms with Gasteiger partial charge in [0.05, 0.1) is 0 Å². The Morgan fingerprint density at radius 1 is 0.688 bits per heavy atom. The zero-order valence-electron chi connectivity index (χ0n) is 21.0. The summed E-state index contributed by atoms with van der Waals surface area (Å²) in [5.74, 6) is 2.68. The number of nitrogens with one attached hydrogen (secondary N) is 3. The van der Waals surface area contributed by atoms with Gasteiger partial charge in [0.15, 0.2) is 0 Å². The highest BCUT2D eigenvalue weighted by Gasteiger charge is 2.10. The van der Waals surface area contributed by atoms with Crippen molar-refractivity contribution in [2.24, 2.45) is 0 Å². The van der Waals surface area contributed by atoms with Crippen molar-refractivity contribution in [1.82, 2.24) is 20.3 Å². The number of hydrogen-bond donors (Lipinski definition) is 4. The van der Waals surface area contributed by atoms with Crippen LogP contribution in [-0.4, -0.2) is 60.5 Å². The standard InChI is InChI=1S/C24H49N7S/c1-4-6-7-8-9-10-11-12-13-14-15-16-17-26-22-28-23(27-19-21-32)30-24(29-22)31(3)20-18-25-5-2/h25,32H,4-21H2,1-3H3,(H2,26,27,28,29,30). The number of thiol groups is 1. The molecule has 0 saturated carbocycles. The molecule has 0 atom stereocenters. The van der Waals surface area contributed by atoms with E-state index in [1.54, 1.807) is 0 Å². The highest BCUT2D eigenvalue weighted by molar-refractivity contribution is 7.80. The summed E-state index contributed by atoms with van der Waals surface area (Å²) in [5, 5.41) is 9.96. The molecule has 0 spiro atoms. The first kappa shape index (κ1) is 28.8. The predicted octanol–water partition coefficient (Wildman–Crippen LogP) is 5.37. The maximum atomic E-state index is 4.62. The minimum atomic E-state index is 0.608. The van der Waals surface area contributed by atoms with Gasteiger partial charge in [-0.3, -0.25) is 0 Å². The minimum Gasteiger partial charge on any atom is -0.354 e. The van der Waals surface area contributed by atoms with Crippen molar-refractivity contribution in [3.63, 3.8) is 0 Å². The lowest BCUT2D eigenvalue weighted by molar-refractivity contribution is 0.546. The Balaban J connectivity index is 2.26. The van der Waals surface area contributed by atoms with E-state index in [0.29, 0.717) is 17.8 Å². The number of anilines is 3. The van der Waals surface area contributed by atoms with Crippen molar-refractivity contribution < 1.29 is 0 Å². The second kappa shape index (κ2) is 20.3. The Hall–Kier alpha value is -1.28. The van der Waals surface area contributed by atoms with Crippen molar-refractivity contribution in [2.75, 3.05) is 61.1 Å². The fourth-order valence-electron chi connectivity index (χ4n) is 3.55. The van der Waals surface area contributed by atoms with Gasteiger partial charge < -0.3 is 20.9 Å². The molecule has 186 valence electrons. The van der Waals surface area contributed by atoms with Gasteiger partial charge in [-0.25, -0.2) is 0 Å². The summed E-state index contributed by atoms with van der Waals surface area (Å²) in [4.78, 5) is 15.8. The minimum absolute atomic E-state index is 0.608. The van der Waals surface area contributed by atoms with Crippen LogP contribution in [0, 0.1) is 0 Å². The van der Waals surface area contributed by atoms with Crippen LogP contribution in [-0.2, 0) is 0 Å². The number of unbranched alkanes of at least 4 members (excludes halogenated alkanes) is 11. The number of hydrogen-bond acceptors (Lipinski definition) is 8. The van der Waals surface area contributed by atoms with Crippen molar-refractivity contribution in [3.8, 4) is 0 Å². The van der Waals surface area contributed by atoms with E-state index >= 15 is 0 Å². The second-order valence-corrected chi connectivity index (χ2v) is 8.97. The number of aromatic nitrogens is 3. The van der Waals surface area contributed by atoms with Crippen LogP contribution in [0.5, 0.6) is 0 Å². The van der Waals surface area contributed by atoms with Gasteiger partial charge >= 0.3 is 0 Å². The van der Waals surface area contributed by atoms with Crippen molar-refractivity contribution in [2.45, 2.75) is 90.9 Å². The van der Waals surface area contributed by atoms with E-state index in [9.17, 15) is 0 Å². The average molecular weight is 468 g/mol. The zero-order chi connectivity index (χ0) is 23.3. The fraction of sp³-hybridized carbons (Fsp3) is 0.875. The molecule has 0 amide bonds. The van der Waals surface area contributed by atoms with Crippen molar-refractivity contribution in [3.05, 3.63) is 0 Å². The highest BCUT2D eigenvalue weighted by atomic mass is 32.1. The zero-order valence-corrected chi connectivity index (χ0v) is 21.9. The molecule has 0 fully saturated rings. The van der Waals surface area contributed by atoms with Crippen LogP contribution < -0.4 is 20.9 Å². The summed E-state index contributed by atoms with van der Waals surface area (Å²) < 4.78 is 0. The number of rotatable bonds is 22. The van der Waals surface area contributed by atoms with Crippen LogP contribution in [0.3, 0.4) is 0 Å². The molecule has 1 aromatic rings. The van der Waals surface area contributed by atoms with Gasteiger partial charge in [0.1, 0.15) is 0 Å². The monoisotopic (exact) mass is 467 g/mol. The molecule has 0 radical (unpaired) electrons. The molecule has 1 aromatic heterocycles. The third-order valence-electron chi connectivity index (χ3n) is 5.55. The Morgan fingerprint density at radius 3 is 1.75 bits per heavy atom. The Morgan fingerprint density at radius 2 is 1.22 bits per heavy atom. The van der Waals surface area contributed by atoms with E-state index in [1.165, 1.54) is 70.6 Å². The van der Waals surface area contributed by atoms with Crippen LogP contribution in [0.1, 0.15) is 90.9 Å². The third-order valence-corrected chi connectivity index (χ3v) is 5.77. The van der Waals surface area contributed by atoms with E-state index in [1.807, 2.05) is 7.05 Å². The lowest BCUT2D eigenvalue weighted by Crippen LogP contribution is -2.30. The summed E-state index contributed by atoms with van der Waals surface area (Å²) >= 11 is 4.26. The van der Waals surface area contributed by atoms with Gasteiger partial charge in [0.25, 0.3) is 0 Å². The molecule has 0 aliphatic carbocycles. The van der Waals surface area contributed by atoms with Crippen LogP contribution in [0.15, 0.2) is 0 Å². The van der Waals surface area contributed by atoms with Crippen LogP contribution in [0.4, 0.5) is 17.8 Å². The molecular weight excluding hydrogens is 418 g/mol. The van der Waals surface area contributed by atoms with E-state index < -0.39 is 0 Å². The SMILES string of the molecule is CCCCCCCCCCCCCCNc1nc(NCCS)nc(N(C)CCNCC)n1. The molecule has 0 unspecified atom stereocenters. The Labute approximate surface area is 202 Å². The molecule has 32 heavy (non-hydrogen) atoms. The third kappa shape index (κ3) is 14.7. The van der Waals surface area contributed by atoms with Crippen LogP contribution in [0.2, 0.25) is 0 Å². The van der Waals surface area contributed by atoms with E-state index in [0.717, 1.165) is 44.9 Å². The number of likely N-dealkylation sites (N-methyl/N-ethyl adjacent to an activating group) is 2. The van der Waals surface area contributed by atoms with Gasteiger partial charge in [-0.1, -0.05) is 84.5 Å². The summed E-state index contributed by atoms with van der Waals surface area (Å²) in [6.45, 7) is 8.73. The van der Waals surface area contributed by atoms with Crippen LogP contribution in [0.25, 0.3) is 0 Å². The summed E-state index contributed by atoms with van der Waals surface area (Å²) in [7, 11) is 2.02. The van der Waals surface area contributed by atoms with E-state index in [-0.39, 0.29) is 0 Å². The molecule has 0 bridgehead atoms. The molecule has 8 heteroatoms. The largest absolute Gasteiger partial charge is 0.354 e. The van der Waals surface area contributed by atoms with Gasteiger partial charge in [0.2, 0.25) is 17.8 Å². The van der Waals surface area contributed by atoms with Gasteiger partial charge in [-0.05, 0) is 13.0 Å². The molecule has 0 saturated heterocycles. The van der Waals surface area contributed by atoms with Crippen LogP contribution >= 0.6 is 12.6 Å². The second-order valence-electron chi connectivity index (χ2n) is 8.52. The van der Waals surface area contributed by atoms with E-state index in [2.05, 4.69) is 62.3 Å². The molecule has 0 aromatic carbocycles. The maximum Gasteiger partial charge on any atom is 0.231 e. The summed E-state index contributed by atoms with van der Waals surface area (Å²) in [6.07, 6.45) is 16.3. The van der Waals surface area contributed by atoms with Crippen molar-refractivity contribution >= 4 is 30.5 Å². The first-order valence-electron chi connectivity index (χ1n) is 13.0. The fourth-order valence-corrected chi connectivity index (χ4v) is 3.66. The van der Waals surface area contributed by atoms with E-state index in [4.69, 9.17) is 0 Å². The summed E-state index contributed by atoms with van der Waals surface area (Å²) in [6, 6.07) is 0. The molecule has 1 heterocycles. The first-order valence-corrected chi connectivity index (χ1v) is 13.6. The van der Waals surface area contributed by atoms with Crippen molar-refractivity contribution in [1.29, 1.82) is 0 Å². The Bertz CT molecular complexity index is 559. The molecule has 0 aliphatic rings. The summed E-state index contributed by atoms with van der Waals surface area (Å²) in [5.41, 5.74) is 0. The smallest absolute Gasteiger partial charge is 0.231 e. The topological polar surface area (TPSA) is 78.0 Å². The quantitative estimate of drug-likeness (QED) is 0.135. The van der Waals surface area contributed by atoms with Gasteiger partial charge in [-0.15, -0.1) is 0 Å². The maximum absolute atomic E-state index is 4.62. The molecule has 1 rings (SSSR count). The Kier molecular flexibility index (Phi) is 18.3. The predicted molar refractivity (Wildman–Crippen MR) is 144 cm³/mol. The van der Waals surface area contributed by atoms with Gasteiger partial charge in [0, 0.05) is 39.0 Å². The van der Waals surface area contributed by atoms with Gasteiger partial charge in [-0.2, -0.15) is 27.6 Å². The lowest BCUT2D eigenvalue weighted by atomic mass is 10.1.